The lowest BCUT2D eigenvalue weighted by Gasteiger charge is -2.32. The maximum atomic E-state index is 6.56. The second-order valence-corrected chi connectivity index (χ2v) is 4.25. The molecule has 84 valence electrons. The quantitative estimate of drug-likeness (QED) is 0.807. The Morgan fingerprint density at radius 2 is 2.00 bits per heavy atom. The Hall–Kier alpha value is -2.00. The molecule has 3 rings (SSSR count). The van der Waals surface area contributed by atoms with Gasteiger partial charge < -0.3 is 5.73 Å². The van der Waals surface area contributed by atoms with Crippen molar-refractivity contribution in [2.75, 3.05) is 0 Å². The highest BCUT2D eigenvalue weighted by molar-refractivity contribution is 5.73. The van der Waals surface area contributed by atoms with Gasteiger partial charge >= 0.3 is 0 Å². The molecule has 0 spiro atoms. The molecule has 2 N–H and O–H groups in total. The third-order valence-electron chi connectivity index (χ3n) is 3.20. The molecule has 0 aliphatic carbocycles. The standard InChI is InChI=1S/C14H13N3/c15-14(11-4-3-8-16-10-11)7-9-17-13-6-2-1-5-12(13)14/h1-6,8-10H,7,15H2. The number of para-hydroxylation sites is 1. The molecule has 1 aliphatic rings. The number of nitrogens with two attached hydrogens (primary N) is 1. The second-order valence-electron chi connectivity index (χ2n) is 4.25. The van der Waals surface area contributed by atoms with Gasteiger partial charge in [0.15, 0.2) is 0 Å². The van der Waals surface area contributed by atoms with Crippen molar-refractivity contribution in [2.24, 2.45) is 10.7 Å². The Balaban J connectivity index is 2.19. The van der Waals surface area contributed by atoms with Crippen LogP contribution in [0.15, 0.2) is 53.8 Å². The molecular formula is C14H13N3. The number of nitrogens with zero attached hydrogens (tertiary/aromatic N) is 2. The molecule has 1 unspecified atom stereocenters. The van der Waals surface area contributed by atoms with Gasteiger partial charge in [-0.3, -0.25) is 9.98 Å². The SMILES string of the molecule is NC1(c2cccnc2)CC=Nc2ccccc21. The van der Waals surface area contributed by atoms with Crippen LogP contribution in [0, 0.1) is 0 Å². The normalized spacial score (nSPS) is 22.2. The van der Waals surface area contributed by atoms with Gasteiger partial charge in [-0.1, -0.05) is 24.3 Å². The van der Waals surface area contributed by atoms with E-state index in [-0.39, 0.29) is 0 Å². The zero-order valence-corrected chi connectivity index (χ0v) is 9.38. The number of fused-ring (bicyclic) bond motifs is 1. The average molecular weight is 223 g/mol. The molecule has 3 heteroatoms. The maximum absolute atomic E-state index is 6.56. The lowest BCUT2D eigenvalue weighted by atomic mass is 9.80. The third kappa shape index (κ3) is 1.56. The first-order valence-electron chi connectivity index (χ1n) is 5.62. The molecule has 2 aromatic rings. The van der Waals surface area contributed by atoms with E-state index in [4.69, 9.17) is 5.73 Å². The van der Waals surface area contributed by atoms with Gasteiger partial charge in [0.25, 0.3) is 0 Å². The van der Waals surface area contributed by atoms with Crippen LogP contribution >= 0.6 is 0 Å². The lowest BCUT2D eigenvalue weighted by Crippen LogP contribution is -2.39. The summed E-state index contributed by atoms with van der Waals surface area (Å²) in [5, 5.41) is 0. The first-order chi connectivity index (χ1) is 8.31. The van der Waals surface area contributed by atoms with Crippen LogP contribution in [0.25, 0.3) is 0 Å². The Morgan fingerprint density at radius 3 is 2.82 bits per heavy atom. The van der Waals surface area contributed by atoms with Crippen LogP contribution in [0.3, 0.4) is 0 Å². The number of rotatable bonds is 1. The van der Waals surface area contributed by atoms with E-state index in [0.717, 1.165) is 16.8 Å². The first-order valence-corrected chi connectivity index (χ1v) is 5.62. The zero-order valence-electron chi connectivity index (χ0n) is 9.38. The Morgan fingerprint density at radius 1 is 1.12 bits per heavy atom. The Labute approximate surface area is 100 Å². The number of hydrogen-bond donors (Lipinski definition) is 1. The number of pyridine rings is 1. The predicted molar refractivity (Wildman–Crippen MR) is 68.4 cm³/mol. The minimum Gasteiger partial charge on any atom is -0.317 e. The smallest absolute Gasteiger partial charge is 0.0751 e. The summed E-state index contributed by atoms with van der Waals surface area (Å²) in [5.41, 5.74) is 9.09. The summed E-state index contributed by atoms with van der Waals surface area (Å²) >= 11 is 0. The number of aliphatic imine (C=N–C) groups is 1. The molecule has 1 aliphatic heterocycles. The van der Waals surface area contributed by atoms with E-state index in [1.54, 1.807) is 6.20 Å². The summed E-state index contributed by atoms with van der Waals surface area (Å²) in [6, 6.07) is 11.9. The highest BCUT2D eigenvalue weighted by atomic mass is 14.8. The molecule has 3 nitrogen and oxygen atoms in total. The summed E-state index contributed by atoms with van der Waals surface area (Å²) in [4.78, 5) is 8.54. The average Bonchev–Trinajstić information content (AvgIpc) is 2.40. The second kappa shape index (κ2) is 3.79. The maximum Gasteiger partial charge on any atom is 0.0751 e. The van der Waals surface area contributed by atoms with Crippen LogP contribution in [0.4, 0.5) is 5.69 Å². The highest BCUT2D eigenvalue weighted by Gasteiger charge is 2.33. The van der Waals surface area contributed by atoms with Crippen LogP contribution in [-0.2, 0) is 5.54 Å². The van der Waals surface area contributed by atoms with Crippen molar-refractivity contribution in [1.29, 1.82) is 0 Å². The number of aromatic nitrogens is 1. The lowest BCUT2D eigenvalue weighted by molar-refractivity contribution is 0.560. The monoisotopic (exact) mass is 223 g/mol. The fourth-order valence-corrected chi connectivity index (χ4v) is 2.26. The van der Waals surface area contributed by atoms with Crippen LogP contribution in [0.5, 0.6) is 0 Å². The summed E-state index contributed by atoms with van der Waals surface area (Å²) in [6.45, 7) is 0. The Bertz CT molecular complexity index is 563. The van der Waals surface area contributed by atoms with E-state index >= 15 is 0 Å². The van der Waals surface area contributed by atoms with Gasteiger partial charge in [-0.25, -0.2) is 0 Å². The van der Waals surface area contributed by atoms with Gasteiger partial charge in [-0.2, -0.15) is 0 Å². The zero-order chi connectivity index (χ0) is 11.7. The molecule has 1 aromatic heterocycles. The van der Waals surface area contributed by atoms with Crippen molar-refractivity contribution >= 4 is 11.9 Å². The van der Waals surface area contributed by atoms with E-state index in [1.807, 2.05) is 48.8 Å². The predicted octanol–water partition coefficient (Wildman–Crippen LogP) is 2.39. The number of benzene rings is 1. The van der Waals surface area contributed by atoms with Gasteiger partial charge in [-0.15, -0.1) is 0 Å². The fourth-order valence-electron chi connectivity index (χ4n) is 2.26. The number of hydrogen-bond acceptors (Lipinski definition) is 3. The van der Waals surface area contributed by atoms with Gasteiger partial charge in [0, 0.05) is 30.6 Å². The largest absolute Gasteiger partial charge is 0.317 e. The molecule has 0 fully saturated rings. The molecule has 0 amide bonds. The topological polar surface area (TPSA) is 51.3 Å². The molecule has 0 bridgehead atoms. The van der Waals surface area contributed by atoms with Gasteiger partial charge in [-0.05, 0) is 17.7 Å². The molecule has 1 atom stereocenters. The first kappa shape index (κ1) is 10.2. The van der Waals surface area contributed by atoms with Gasteiger partial charge in [0.05, 0.1) is 11.2 Å². The summed E-state index contributed by atoms with van der Waals surface area (Å²) in [5.74, 6) is 0. The molecule has 0 saturated carbocycles. The van der Waals surface area contributed by atoms with Crippen molar-refractivity contribution in [3.63, 3.8) is 0 Å². The van der Waals surface area contributed by atoms with E-state index in [1.165, 1.54) is 0 Å². The van der Waals surface area contributed by atoms with E-state index in [2.05, 4.69) is 9.98 Å². The molecule has 17 heavy (non-hydrogen) atoms. The highest BCUT2D eigenvalue weighted by Crippen LogP contribution is 2.38. The summed E-state index contributed by atoms with van der Waals surface area (Å²) < 4.78 is 0. The summed E-state index contributed by atoms with van der Waals surface area (Å²) in [6.07, 6.45) is 6.18. The van der Waals surface area contributed by atoms with Crippen LogP contribution < -0.4 is 5.73 Å². The molecular weight excluding hydrogens is 210 g/mol. The molecule has 1 aromatic carbocycles. The summed E-state index contributed by atoms with van der Waals surface area (Å²) in [7, 11) is 0. The molecule has 2 heterocycles. The molecule has 0 radical (unpaired) electrons. The van der Waals surface area contributed by atoms with Gasteiger partial charge in [0.2, 0.25) is 0 Å². The van der Waals surface area contributed by atoms with Crippen LogP contribution in [0.1, 0.15) is 17.5 Å². The minimum atomic E-state index is -0.507. The van der Waals surface area contributed by atoms with Crippen molar-refractivity contribution in [1.82, 2.24) is 4.98 Å². The van der Waals surface area contributed by atoms with Crippen molar-refractivity contribution in [2.45, 2.75) is 12.0 Å². The van der Waals surface area contributed by atoms with Gasteiger partial charge in [0.1, 0.15) is 0 Å². The Kier molecular flexibility index (Phi) is 2.27. The van der Waals surface area contributed by atoms with Crippen LogP contribution in [0.2, 0.25) is 0 Å². The fraction of sp³-hybridized carbons (Fsp3) is 0.143. The van der Waals surface area contributed by atoms with E-state index in [0.29, 0.717) is 6.42 Å². The van der Waals surface area contributed by atoms with Crippen LogP contribution in [-0.4, -0.2) is 11.2 Å². The van der Waals surface area contributed by atoms with Crippen molar-refractivity contribution in [3.8, 4) is 0 Å². The minimum absolute atomic E-state index is 0.507. The third-order valence-corrected chi connectivity index (χ3v) is 3.20. The van der Waals surface area contributed by atoms with Crippen molar-refractivity contribution < 1.29 is 0 Å². The van der Waals surface area contributed by atoms with Crippen molar-refractivity contribution in [3.05, 3.63) is 59.9 Å². The van der Waals surface area contributed by atoms with E-state index < -0.39 is 5.54 Å². The van der Waals surface area contributed by atoms with E-state index in [9.17, 15) is 0 Å². The molecule has 0 saturated heterocycles.